The molecule has 0 aliphatic carbocycles. The Kier molecular flexibility index (Phi) is 8.52. The van der Waals surface area contributed by atoms with Gasteiger partial charge in [0.25, 0.3) is 0 Å². The highest BCUT2D eigenvalue weighted by molar-refractivity contribution is 5.85. The summed E-state index contributed by atoms with van der Waals surface area (Å²) >= 11 is 0. The van der Waals surface area contributed by atoms with Crippen LogP contribution in [0.5, 0.6) is 11.5 Å². The summed E-state index contributed by atoms with van der Waals surface area (Å²) in [6, 6.07) is 16.7. The molecule has 1 atom stereocenters. The molecule has 1 aliphatic rings. The first-order chi connectivity index (χ1) is 15.9. The van der Waals surface area contributed by atoms with Crippen LogP contribution in [-0.4, -0.2) is 70.4 Å². The molecule has 0 bridgehead atoms. The fourth-order valence-electron chi connectivity index (χ4n) is 4.41. The van der Waals surface area contributed by atoms with Crippen molar-refractivity contribution in [3.63, 3.8) is 0 Å². The number of halogens is 1. The minimum absolute atomic E-state index is 0. The lowest BCUT2D eigenvalue weighted by Gasteiger charge is -2.39. The van der Waals surface area contributed by atoms with E-state index in [-0.39, 0.29) is 24.0 Å². The Balaban J connectivity index is 0.00000324. The van der Waals surface area contributed by atoms with E-state index >= 15 is 0 Å². The molecule has 0 saturated carbocycles. The van der Waals surface area contributed by atoms with Gasteiger partial charge in [0.05, 0.1) is 25.8 Å². The van der Waals surface area contributed by atoms with Crippen molar-refractivity contribution in [2.24, 2.45) is 0 Å². The van der Waals surface area contributed by atoms with Gasteiger partial charge in [-0.05, 0) is 54.5 Å². The molecule has 2 aromatic carbocycles. The normalized spacial score (nSPS) is 16.0. The zero-order valence-electron chi connectivity index (χ0n) is 20.6. The van der Waals surface area contributed by atoms with Gasteiger partial charge in [-0.3, -0.25) is 9.80 Å². The molecule has 34 heavy (non-hydrogen) atoms. The van der Waals surface area contributed by atoms with Crippen LogP contribution in [0.3, 0.4) is 0 Å². The van der Waals surface area contributed by atoms with E-state index in [1.54, 1.807) is 14.2 Å². The molecule has 2 heterocycles. The van der Waals surface area contributed by atoms with Gasteiger partial charge < -0.3 is 9.47 Å². The number of piperazine rings is 1. The van der Waals surface area contributed by atoms with Gasteiger partial charge in [0.2, 0.25) is 0 Å². The Hall–Kier alpha value is -2.68. The van der Waals surface area contributed by atoms with E-state index in [2.05, 4.69) is 82.5 Å². The molecule has 1 aliphatic heterocycles. The second-order valence-electron chi connectivity index (χ2n) is 9.43. The minimum Gasteiger partial charge on any atom is -0.493 e. The van der Waals surface area contributed by atoms with E-state index in [0.29, 0.717) is 11.5 Å². The highest BCUT2D eigenvalue weighted by Gasteiger charge is 2.33. The number of rotatable bonds is 7. The van der Waals surface area contributed by atoms with Gasteiger partial charge in [0.15, 0.2) is 17.3 Å². The largest absolute Gasteiger partial charge is 0.493 e. The van der Waals surface area contributed by atoms with Gasteiger partial charge >= 0.3 is 0 Å². The Labute approximate surface area is 208 Å². The van der Waals surface area contributed by atoms with Crippen LogP contribution in [-0.2, 0) is 12.1 Å². The zero-order chi connectivity index (χ0) is 23.4. The number of benzene rings is 2. The number of nitrogens with zero attached hydrogens (tertiary/aromatic N) is 6. The topological polar surface area (TPSA) is 68.5 Å². The summed E-state index contributed by atoms with van der Waals surface area (Å²) in [6.45, 7) is 11.1. The number of aromatic nitrogens is 4. The molecule has 1 unspecified atom stereocenters. The lowest BCUT2D eigenvalue weighted by Crippen LogP contribution is -2.48. The summed E-state index contributed by atoms with van der Waals surface area (Å²) in [5, 5.41) is 12.9. The number of methoxy groups -OCH3 is 2. The maximum atomic E-state index is 5.60. The van der Waals surface area contributed by atoms with Crippen molar-refractivity contribution in [3.05, 3.63) is 65.5 Å². The van der Waals surface area contributed by atoms with E-state index in [0.717, 1.165) is 44.1 Å². The summed E-state index contributed by atoms with van der Waals surface area (Å²) in [5.74, 6) is 2.26. The van der Waals surface area contributed by atoms with Crippen LogP contribution in [0.25, 0.3) is 0 Å². The predicted molar refractivity (Wildman–Crippen MR) is 135 cm³/mol. The first kappa shape index (κ1) is 25.9. The number of ether oxygens (including phenoxy) is 2. The van der Waals surface area contributed by atoms with E-state index in [1.165, 1.54) is 5.56 Å². The third-order valence-corrected chi connectivity index (χ3v) is 6.12. The first-order valence-electron chi connectivity index (χ1n) is 11.4. The zero-order valence-corrected chi connectivity index (χ0v) is 21.5. The minimum atomic E-state index is -0.233. The summed E-state index contributed by atoms with van der Waals surface area (Å²) in [6.07, 6.45) is 0. The summed E-state index contributed by atoms with van der Waals surface area (Å²) < 4.78 is 13.0. The van der Waals surface area contributed by atoms with Crippen molar-refractivity contribution in [2.45, 2.75) is 38.9 Å². The molecule has 3 aromatic rings. The standard InChI is InChI=1S/C25H34N6O2.ClH/c1-25(2,3)31-24(26-27-28-31)23(20-11-12-21(32-4)22(17-20)33-5)30-15-13-29(14-16-30)18-19-9-7-6-8-10-19;/h6-12,17,23H,13-16,18H2,1-5H3;1H. The van der Waals surface area contributed by atoms with Crippen molar-refractivity contribution in [1.29, 1.82) is 0 Å². The van der Waals surface area contributed by atoms with Gasteiger partial charge in [-0.1, -0.05) is 36.4 Å². The quantitative estimate of drug-likeness (QED) is 0.503. The predicted octanol–water partition coefficient (Wildman–Crippen LogP) is 3.77. The first-order valence-corrected chi connectivity index (χ1v) is 11.4. The maximum Gasteiger partial charge on any atom is 0.173 e. The molecule has 0 spiro atoms. The van der Waals surface area contributed by atoms with Crippen molar-refractivity contribution in [2.75, 3.05) is 40.4 Å². The molecule has 8 nitrogen and oxygen atoms in total. The van der Waals surface area contributed by atoms with Crippen LogP contribution in [0.4, 0.5) is 0 Å². The molecule has 1 fully saturated rings. The van der Waals surface area contributed by atoms with Gasteiger partial charge in [-0.25, -0.2) is 4.68 Å². The number of hydrogen-bond acceptors (Lipinski definition) is 7. The van der Waals surface area contributed by atoms with Crippen LogP contribution in [0.2, 0.25) is 0 Å². The average molecular weight is 487 g/mol. The SMILES string of the molecule is COc1ccc(C(c2nnnn2C(C)(C)C)N2CCN(Cc3ccccc3)CC2)cc1OC.Cl. The van der Waals surface area contributed by atoms with Crippen LogP contribution in [0.15, 0.2) is 48.5 Å². The third kappa shape index (κ3) is 5.68. The molecular formula is C25H35ClN6O2. The maximum absolute atomic E-state index is 5.60. The highest BCUT2D eigenvalue weighted by atomic mass is 35.5. The molecule has 1 aromatic heterocycles. The molecule has 9 heteroatoms. The van der Waals surface area contributed by atoms with Gasteiger partial charge in [0.1, 0.15) is 0 Å². The van der Waals surface area contributed by atoms with Crippen molar-refractivity contribution in [3.8, 4) is 11.5 Å². The molecule has 1 saturated heterocycles. The second-order valence-corrected chi connectivity index (χ2v) is 9.43. The van der Waals surface area contributed by atoms with Crippen molar-refractivity contribution in [1.82, 2.24) is 30.0 Å². The van der Waals surface area contributed by atoms with Crippen molar-refractivity contribution < 1.29 is 9.47 Å². The van der Waals surface area contributed by atoms with Crippen LogP contribution >= 0.6 is 12.4 Å². The fourth-order valence-corrected chi connectivity index (χ4v) is 4.41. The van der Waals surface area contributed by atoms with Gasteiger partial charge in [0, 0.05) is 32.7 Å². The van der Waals surface area contributed by atoms with E-state index in [4.69, 9.17) is 9.47 Å². The van der Waals surface area contributed by atoms with Crippen LogP contribution in [0, 0.1) is 0 Å². The van der Waals surface area contributed by atoms with E-state index < -0.39 is 0 Å². The van der Waals surface area contributed by atoms with Crippen molar-refractivity contribution >= 4 is 12.4 Å². The highest BCUT2D eigenvalue weighted by Crippen LogP contribution is 2.36. The fraction of sp³-hybridized carbons (Fsp3) is 0.480. The summed E-state index contributed by atoms with van der Waals surface area (Å²) in [5.41, 5.74) is 2.20. The summed E-state index contributed by atoms with van der Waals surface area (Å²) in [7, 11) is 3.32. The molecule has 0 radical (unpaired) electrons. The molecule has 184 valence electrons. The van der Waals surface area contributed by atoms with Crippen LogP contribution < -0.4 is 9.47 Å². The average Bonchev–Trinajstić information content (AvgIpc) is 3.31. The Morgan fingerprint density at radius 2 is 1.59 bits per heavy atom. The van der Waals surface area contributed by atoms with Crippen LogP contribution in [0.1, 0.15) is 43.8 Å². The monoisotopic (exact) mass is 486 g/mol. The van der Waals surface area contributed by atoms with E-state index in [9.17, 15) is 0 Å². The Morgan fingerprint density at radius 3 is 2.21 bits per heavy atom. The summed E-state index contributed by atoms with van der Waals surface area (Å²) in [4.78, 5) is 4.97. The molecular weight excluding hydrogens is 452 g/mol. The molecule has 0 amide bonds. The van der Waals surface area contributed by atoms with E-state index in [1.807, 2.05) is 16.8 Å². The molecule has 4 rings (SSSR count). The smallest absolute Gasteiger partial charge is 0.173 e. The van der Waals surface area contributed by atoms with Gasteiger partial charge in [-0.2, -0.15) is 0 Å². The number of hydrogen-bond donors (Lipinski definition) is 0. The molecule has 0 N–H and O–H groups in total. The Morgan fingerprint density at radius 1 is 0.912 bits per heavy atom. The lowest BCUT2D eigenvalue weighted by molar-refractivity contribution is 0.0978. The number of tetrazole rings is 1. The Bertz CT molecular complexity index is 1050. The lowest BCUT2D eigenvalue weighted by atomic mass is 10.0. The second kappa shape index (κ2) is 11.2. The third-order valence-electron chi connectivity index (χ3n) is 6.12. The van der Waals surface area contributed by atoms with Gasteiger partial charge in [-0.15, -0.1) is 17.5 Å².